The Hall–Kier alpha value is -1.41. The number of nitrogens with two attached hydrogens (primary N) is 1. The van der Waals surface area contributed by atoms with Gasteiger partial charge >= 0.3 is 0 Å². The van der Waals surface area contributed by atoms with Gasteiger partial charge in [-0.25, -0.2) is 24.2 Å². The second-order valence-electron chi connectivity index (χ2n) is 5.32. The highest BCUT2D eigenvalue weighted by molar-refractivity contribution is 7.91. The van der Waals surface area contributed by atoms with Crippen LogP contribution in [0.3, 0.4) is 0 Å². The molecule has 0 amide bonds. The Morgan fingerprint density at radius 2 is 2.05 bits per heavy atom. The lowest BCUT2D eigenvalue weighted by atomic mass is 10.2. The molecule has 2 heterocycles. The summed E-state index contributed by atoms with van der Waals surface area (Å²) in [7, 11) is -2.93. The molecule has 0 unspecified atom stereocenters. The lowest BCUT2D eigenvalue weighted by Gasteiger charge is -2.24. The minimum atomic E-state index is -2.93. The number of hydrazine groups is 1. The third-order valence-electron chi connectivity index (χ3n) is 3.63. The van der Waals surface area contributed by atoms with Gasteiger partial charge in [-0.1, -0.05) is 6.92 Å². The molecule has 118 valence electrons. The predicted molar refractivity (Wildman–Crippen MR) is 84.1 cm³/mol. The summed E-state index contributed by atoms with van der Waals surface area (Å²) >= 11 is 0. The number of hydrogen-bond acceptors (Lipinski definition) is 7. The summed E-state index contributed by atoms with van der Waals surface area (Å²) in [5.74, 6) is 8.08. The Morgan fingerprint density at radius 3 is 2.71 bits per heavy atom. The SMILES string of the molecule is CCCc1nc(NN)c(C)c(N2CCCS(=O)(=O)CC2)n1. The zero-order valence-electron chi connectivity index (χ0n) is 12.6. The van der Waals surface area contributed by atoms with Crippen LogP contribution in [-0.4, -0.2) is 43.0 Å². The zero-order chi connectivity index (χ0) is 15.5. The molecule has 1 saturated heterocycles. The number of anilines is 2. The molecule has 0 aromatic carbocycles. The number of hydrogen-bond donors (Lipinski definition) is 2. The zero-order valence-corrected chi connectivity index (χ0v) is 13.4. The van der Waals surface area contributed by atoms with Crippen LogP contribution in [0.4, 0.5) is 11.6 Å². The van der Waals surface area contributed by atoms with Gasteiger partial charge in [0.1, 0.15) is 17.5 Å². The summed E-state index contributed by atoms with van der Waals surface area (Å²) in [4.78, 5) is 11.0. The monoisotopic (exact) mass is 313 g/mol. The highest BCUT2D eigenvalue weighted by atomic mass is 32.2. The van der Waals surface area contributed by atoms with Gasteiger partial charge in [0.2, 0.25) is 0 Å². The van der Waals surface area contributed by atoms with Crippen molar-refractivity contribution in [3.05, 3.63) is 11.4 Å². The van der Waals surface area contributed by atoms with Crippen LogP contribution in [0.5, 0.6) is 0 Å². The molecule has 2 rings (SSSR count). The standard InChI is InChI=1S/C13H23N5O2S/c1-3-5-11-15-12(17-14)10(2)13(16-11)18-6-4-8-21(19,20)9-7-18/h3-9,14H2,1-2H3,(H,15,16,17). The third kappa shape index (κ3) is 3.82. The molecule has 3 N–H and O–H groups in total. The van der Waals surface area contributed by atoms with E-state index in [-0.39, 0.29) is 11.5 Å². The van der Waals surface area contributed by atoms with Gasteiger partial charge in [0.15, 0.2) is 9.84 Å². The number of nitrogens with zero attached hydrogens (tertiary/aromatic N) is 3. The average molecular weight is 313 g/mol. The number of sulfone groups is 1. The predicted octanol–water partition coefficient (Wildman–Crippen LogP) is 0.648. The molecule has 1 aromatic heterocycles. The van der Waals surface area contributed by atoms with E-state index in [1.807, 2.05) is 11.8 Å². The van der Waals surface area contributed by atoms with Crippen molar-refractivity contribution in [2.24, 2.45) is 5.84 Å². The van der Waals surface area contributed by atoms with Crippen LogP contribution in [0.2, 0.25) is 0 Å². The lowest BCUT2D eigenvalue weighted by molar-refractivity contribution is 0.597. The van der Waals surface area contributed by atoms with Gasteiger partial charge in [-0.05, 0) is 19.8 Å². The molecule has 1 aromatic rings. The summed E-state index contributed by atoms with van der Waals surface area (Å²) in [6.07, 6.45) is 2.34. The number of nitrogens with one attached hydrogen (secondary N) is 1. The highest BCUT2D eigenvalue weighted by Gasteiger charge is 2.22. The maximum atomic E-state index is 11.7. The van der Waals surface area contributed by atoms with Crippen LogP contribution in [-0.2, 0) is 16.3 Å². The van der Waals surface area contributed by atoms with Crippen molar-refractivity contribution in [2.75, 3.05) is 34.9 Å². The first-order valence-electron chi connectivity index (χ1n) is 7.26. The van der Waals surface area contributed by atoms with Crippen molar-refractivity contribution in [1.82, 2.24) is 9.97 Å². The fraction of sp³-hybridized carbons (Fsp3) is 0.692. The van der Waals surface area contributed by atoms with Gasteiger partial charge in [-0.15, -0.1) is 0 Å². The molecule has 0 spiro atoms. The van der Waals surface area contributed by atoms with E-state index in [1.54, 1.807) is 0 Å². The van der Waals surface area contributed by atoms with Gasteiger partial charge in [-0.3, -0.25) is 0 Å². The third-order valence-corrected chi connectivity index (χ3v) is 5.35. The number of aryl methyl sites for hydroxylation is 1. The number of aromatic nitrogens is 2. The quantitative estimate of drug-likeness (QED) is 0.621. The van der Waals surface area contributed by atoms with E-state index in [1.165, 1.54) is 0 Å². The van der Waals surface area contributed by atoms with Gasteiger partial charge in [-0.2, -0.15) is 0 Å². The number of nitrogen functional groups attached to an aromatic ring is 1. The Kier molecular flexibility index (Phi) is 5.00. The first kappa shape index (κ1) is 16.0. The molecule has 0 aliphatic carbocycles. The maximum absolute atomic E-state index is 11.7. The summed E-state index contributed by atoms with van der Waals surface area (Å²) in [6, 6.07) is 0. The van der Waals surface area contributed by atoms with Gasteiger partial charge in [0.05, 0.1) is 11.5 Å². The van der Waals surface area contributed by atoms with E-state index in [0.717, 1.165) is 30.0 Å². The van der Waals surface area contributed by atoms with E-state index < -0.39 is 9.84 Å². The molecule has 1 aliphatic rings. The van der Waals surface area contributed by atoms with Crippen LogP contribution < -0.4 is 16.2 Å². The maximum Gasteiger partial charge on any atom is 0.152 e. The van der Waals surface area contributed by atoms with Crippen LogP contribution in [0.1, 0.15) is 31.2 Å². The van der Waals surface area contributed by atoms with Gasteiger partial charge in [0, 0.05) is 25.1 Å². The van der Waals surface area contributed by atoms with Crippen molar-refractivity contribution >= 4 is 21.5 Å². The van der Waals surface area contributed by atoms with Crippen LogP contribution in [0.15, 0.2) is 0 Å². The minimum Gasteiger partial charge on any atom is -0.355 e. The van der Waals surface area contributed by atoms with E-state index in [2.05, 4.69) is 22.3 Å². The molecule has 0 atom stereocenters. The van der Waals surface area contributed by atoms with Crippen LogP contribution >= 0.6 is 0 Å². The lowest BCUT2D eigenvalue weighted by Crippen LogP contribution is -2.29. The van der Waals surface area contributed by atoms with Crippen molar-refractivity contribution in [1.29, 1.82) is 0 Å². The summed E-state index contributed by atoms with van der Waals surface area (Å²) < 4.78 is 23.5. The van der Waals surface area contributed by atoms with E-state index >= 15 is 0 Å². The molecular weight excluding hydrogens is 290 g/mol. The topological polar surface area (TPSA) is 101 Å². The Labute approximate surface area is 125 Å². The Bertz CT molecular complexity index is 603. The minimum absolute atomic E-state index is 0.172. The smallest absolute Gasteiger partial charge is 0.152 e. The van der Waals surface area contributed by atoms with Crippen LogP contribution in [0.25, 0.3) is 0 Å². The highest BCUT2D eigenvalue weighted by Crippen LogP contribution is 2.24. The molecule has 8 heteroatoms. The fourth-order valence-corrected chi connectivity index (χ4v) is 3.76. The summed E-state index contributed by atoms with van der Waals surface area (Å²) in [6.45, 7) is 5.12. The molecule has 0 bridgehead atoms. The molecule has 21 heavy (non-hydrogen) atoms. The van der Waals surface area contributed by atoms with Crippen molar-refractivity contribution in [3.8, 4) is 0 Å². The largest absolute Gasteiger partial charge is 0.355 e. The summed E-state index contributed by atoms with van der Waals surface area (Å²) in [5.41, 5.74) is 3.47. The van der Waals surface area contributed by atoms with Crippen molar-refractivity contribution in [3.63, 3.8) is 0 Å². The second kappa shape index (κ2) is 6.57. The molecule has 1 fully saturated rings. The molecule has 0 radical (unpaired) electrons. The van der Waals surface area contributed by atoms with E-state index in [4.69, 9.17) is 5.84 Å². The Balaban J connectivity index is 2.35. The van der Waals surface area contributed by atoms with Gasteiger partial charge in [0.25, 0.3) is 0 Å². The second-order valence-corrected chi connectivity index (χ2v) is 7.63. The normalized spacial score (nSPS) is 18.3. The molecule has 0 saturated carbocycles. The van der Waals surface area contributed by atoms with E-state index in [0.29, 0.717) is 25.3 Å². The molecule has 7 nitrogen and oxygen atoms in total. The molecule has 1 aliphatic heterocycles. The first-order chi connectivity index (χ1) is 9.96. The fourth-order valence-electron chi connectivity index (χ4n) is 2.48. The first-order valence-corrected chi connectivity index (χ1v) is 9.08. The van der Waals surface area contributed by atoms with Crippen molar-refractivity contribution < 1.29 is 8.42 Å². The van der Waals surface area contributed by atoms with Gasteiger partial charge < -0.3 is 10.3 Å². The van der Waals surface area contributed by atoms with E-state index in [9.17, 15) is 8.42 Å². The summed E-state index contributed by atoms with van der Waals surface area (Å²) in [5, 5.41) is 0. The number of rotatable bonds is 4. The molecular formula is C13H23N5O2S. The average Bonchev–Trinajstić information content (AvgIpc) is 2.62. The van der Waals surface area contributed by atoms with Crippen LogP contribution in [0, 0.1) is 6.92 Å². The van der Waals surface area contributed by atoms with Crippen molar-refractivity contribution in [2.45, 2.75) is 33.1 Å². The Morgan fingerprint density at radius 1 is 1.29 bits per heavy atom.